The molecule has 4 nitrogen and oxygen atoms in total. The molecule has 2 N–H and O–H groups in total. The fraction of sp³-hybridized carbons (Fsp3) is 0.400. The van der Waals surface area contributed by atoms with Gasteiger partial charge in [0.15, 0.2) is 0 Å². The number of hydrogen-bond donors (Lipinski definition) is 1. The second kappa shape index (κ2) is 5.88. The molecule has 17 heavy (non-hydrogen) atoms. The lowest BCUT2D eigenvalue weighted by atomic mass is 10.0. The van der Waals surface area contributed by atoms with Crippen molar-refractivity contribution in [2.45, 2.75) is 19.9 Å². The first kappa shape index (κ1) is 13.8. The smallest absolute Gasteiger partial charge is 0.339 e. The number of alkyl halides is 2. The summed E-state index contributed by atoms with van der Waals surface area (Å²) in [6.45, 7) is 1.48. The van der Waals surface area contributed by atoms with E-state index in [1.807, 2.05) is 0 Å². The van der Waals surface area contributed by atoms with Gasteiger partial charge in [-0.3, -0.25) is 0 Å². The van der Waals surface area contributed by atoms with Crippen LogP contribution in [0.15, 0.2) is 6.20 Å². The van der Waals surface area contributed by atoms with Crippen molar-refractivity contribution in [2.24, 2.45) is 5.73 Å². The summed E-state index contributed by atoms with van der Waals surface area (Å²) in [5, 5.41) is -0.0695. The molecule has 1 aromatic heterocycles. The van der Waals surface area contributed by atoms with E-state index in [9.17, 15) is 13.6 Å². The molecule has 0 unspecified atom stereocenters. The van der Waals surface area contributed by atoms with E-state index in [1.54, 1.807) is 6.92 Å². The molecule has 0 aliphatic heterocycles. The molecular formula is C10H11ClF2N2O2. The summed E-state index contributed by atoms with van der Waals surface area (Å²) in [6.07, 6.45) is -1.98. The number of carbonyl (C=O) groups is 1. The molecule has 1 aromatic rings. The monoisotopic (exact) mass is 264 g/mol. The molecule has 0 radical (unpaired) electrons. The van der Waals surface area contributed by atoms with E-state index in [0.717, 1.165) is 6.20 Å². The zero-order valence-corrected chi connectivity index (χ0v) is 9.80. The molecule has 0 fully saturated rings. The van der Waals surface area contributed by atoms with Crippen LogP contribution in [-0.2, 0) is 11.3 Å². The molecule has 0 bridgehead atoms. The average molecular weight is 265 g/mol. The number of pyridine rings is 1. The number of halogens is 3. The molecule has 0 aromatic carbocycles. The molecule has 0 saturated carbocycles. The van der Waals surface area contributed by atoms with Gasteiger partial charge in [0.2, 0.25) is 0 Å². The molecule has 7 heteroatoms. The van der Waals surface area contributed by atoms with E-state index >= 15 is 0 Å². The summed E-state index contributed by atoms with van der Waals surface area (Å²) < 4.78 is 30.2. The van der Waals surface area contributed by atoms with Gasteiger partial charge in [-0.25, -0.2) is 18.6 Å². The maximum atomic E-state index is 12.7. The van der Waals surface area contributed by atoms with Gasteiger partial charge >= 0.3 is 5.97 Å². The van der Waals surface area contributed by atoms with E-state index in [1.165, 1.54) is 0 Å². The Kier molecular flexibility index (Phi) is 4.77. The summed E-state index contributed by atoms with van der Waals surface area (Å²) in [7, 11) is 0. The highest BCUT2D eigenvalue weighted by molar-refractivity contribution is 6.30. The fourth-order valence-electron chi connectivity index (χ4n) is 1.34. The van der Waals surface area contributed by atoms with Crippen LogP contribution in [0.2, 0.25) is 5.15 Å². The molecule has 0 spiro atoms. The standard InChI is InChI=1S/C10H11ClF2N2O2/c1-2-17-10(16)7-5(3-14)8(11)15-4-6(7)9(12)13/h4,9H,2-3,14H2,1H3. The molecular weight excluding hydrogens is 254 g/mol. The number of hydrogen-bond acceptors (Lipinski definition) is 4. The quantitative estimate of drug-likeness (QED) is 0.669. The number of nitrogens with two attached hydrogens (primary N) is 1. The van der Waals surface area contributed by atoms with Crippen LogP contribution in [0.3, 0.4) is 0 Å². The largest absolute Gasteiger partial charge is 0.462 e. The van der Waals surface area contributed by atoms with Gasteiger partial charge < -0.3 is 10.5 Å². The molecule has 94 valence electrons. The third-order valence-electron chi connectivity index (χ3n) is 2.08. The van der Waals surface area contributed by atoms with Gasteiger partial charge in [0, 0.05) is 18.3 Å². The Morgan fingerprint density at radius 3 is 2.76 bits per heavy atom. The van der Waals surface area contributed by atoms with Gasteiger partial charge in [-0.15, -0.1) is 0 Å². The molecule has 0 aliphatic carbocycles. The van der Waals surface area contributed by atoms with Crippen molar-refractivity contribution in [3.8, 4) is 0 Å². The van der Waals surface area contributed by atoms with Crippen LogP contribution in [0.5, 0.6) is 0 Å². The number of ether oxygens (including phenoxy) is 1. The predicted molar refractivity (Wildman–Crippen MR) is 58.1 cm³/mol. The van der Waals surface area contributed by atoms with Crippen LogP contribution >= 0.6 is 11.6 Å². The lowest BCUT2D eigenvalue weighted by Gasteiger charge is -2.12. The number of carbonyl (C=O) groups excluding carboxylic acids is 1. The first-order chi connectivity index (χ1) is 8.02. The van der Waals surface area contributed by atoms with Crippen LogP contribution in [0.4, 0.5) is 8.78 Å². The minimum atomic E-state index is -2.84. The summed E-state index contributed by atoms with van der Waals surface area (Å²) in [6, 6.07) is 0. The van der Waals surface area contributed by atoms with E-state index in [4.69, 9.17) is 22.1 Å². The van der Waals surface area contributed by atoms with Crippen LogP contribution in [0, 0.1) is 0 Å². The minimum absolute atomic E-state index is 0.0695. The fourth-order valence-corrected chi connectivity index (χ4v) is 1.56. The summed E-state index contributed by atoms with van der Waals surface area (Å²) in [5.41, 5.74) is 4.64. The zero-order chi connectivity index (χ0) is 13.0. The summed E-state index contributed by atoms with van der Waals surface area (Å²) in [4.78, 5) is 15.2. The van der Waals surface area contributed by atoms with Crippen molar-refractivity contribution in [3.05, 3.63) is 28.0 Å². The second-order valence-corrected chi connectivity index (χ2v) is 3.44. The maximum absolute atomic E-state index is 12.7. The highest BCUT2D eigenvalue weighted by Crippen LogP contribution is 2.28. The van der Waals surface area contributed by atoms with Gasteiger partial charge in [-0.2, -0.15) is 0 Å². The van der Waals surface area contributed by atoms with Crippen LogP contribution in [0.25, 0.3) is 0 Å². The van der Waals surface area contributed by atoms with E-state index in [2.05, 4.69) is 4.98 Å². The van der Waals surface area contributed by atoms with Gasteiger partial charge in [0.25, 0.3) is 6.43 Å². The van der Waals surface area contributed by atoms with Gasteiger partial charge in [0.1, 0.15) is 5.15 Å². The Bertz CT molecular complexity index is 427. The van der Waals surface area contributed by atoms with Crippen molar-refractivity contribution in [1.29, 1.82) is 0 Å². The lowest BCUT2D eigenvalue weighted by molar-refractivity contribution is 0.0513. The Morgan fingerprint density at radius 2 is 2.29 bits per heavy atom. The normalized spacial score (nSPS) is 10.7. The zero-order valence-electron chi connectivity index (χ0n) is 9.04. The van der Waals surface area contributed by atoms with Gasteiger partial charge in [-0.1, -0.05) is 11.6 Å². The highest BCUT2D eigenvalue weighted by atomic mass is 35.5. The molecule has 1 heterocycles. The molecule has 0 amide bonds. The Morgan fingerprint density at radius 1 is 1.65 bits per heavy atom. The number of rotatable bonds is 4. The minimum Gasteiger partial charge on any atom is -0.462 e. The topological polar surface area (TPSA) is 65.2 Å². The summed E-state index contributed by atoms with van der Waals surface area (Å²) >= 11 is 5.71. The van der Waals surface area contributed by atoms with Crippen molar-refractivity contribution in [2.75, 3.05) is 6.61 Å². The van der Waals surface area contributed by atoms with Crippen molar-refractivity contribution >= 4 is 17.6 Å². The third kappa shape index (κ3) is 2.89. The summed E-state index contributed by atoms with van der Waals surface area (Å²) in [5.74, 6) is -0.868. The van der Waals surface area contributed by atoms with Crippen molar-refractivity contribution < 1.29 is 18.3 Å². The number of aromatic nitrogens is 1. The average Bonchev–Trinajstić information content (AvgIpc) is 2.28. The van der Waals surface area contributed by atoms with E-state index in [0.29, 0.717) is 0 Å². The van der Waals surface area contributed by atoms with Crippen LogP contribution < -0.4 is 5.73 Å². The van der Waals surface area contributed by atoms with E-state index < -0.39 is 18.0 Å². The first-order valence-electron chi connectivity index (χ1n) is 4.85. The second-order valence-electron chi connectivity index (χ2n) is 3.08. The highest BCUT2D eigenvalue weighted by Gasteiger charge is 2.25. The van der Waals surface area contributed by atoms with Crippen LogP contribution in [0.1, 0.15) is 34.8 Å². The van der Waals surface area contributed by atoms with Crippen molar-refractivity contribution in [1.82, 2.24) is 4.98 Å². The lowest BCUT2D eigenvalue weighted by Crippen LogP contribution is -2.15. The predicted octanol–water partition coefficient (Wildman–Crippen LogP) is 2.31. The number of nitrogens with zero attached hydrogens (tertiary/aromatic N) is 1. The molecule has 0 atom stereocenters. The molecule has 0 aliphatic rings. The van der Waals surface area contributed by atoms with Gasteiger partial charge in [-0.05, 0) is 6.92 Å². The van der Waals surface area contributed by atoms with E-state index in [-0.39, 0.29) is 29.4 Å². The van der Waals surface area contributed by atoms with Gasteiger partial charge in [0.05, 0.1) is 17.7 Å². The Labute approximate surface area is 102 Å². The van der Waals surface area contributed by atoms with Crippen LogP contribution in [-0.4, -0.2) is 17.6 Å². The molecule has 0 saturated heterocycles. The Balaban J connectivity index is 3.38. The maximum Gasteiger partial charge on any atom is 0.339 e. The number of esters is 1. The SMILES string of the molecule is CCOC(=O)c1c(C(F)F)cnc(Cl)c1CN. The molecule has 1 rings (SSSR count). The van der Waals surface area contributed by atoms with Crippen molar-refractivity contribution in [3.63, 3.8) is 0 Å². The first-order valence-corrected chi connectivity index (χ1v) is 5.23. The Hall–Kier alpha value is -1.27. The third-order valence-corrected chi connectivity index (χ3v) is 2.40.